The molecule has 0 spiro atoms. The largest absolute Gasteiger partial charge is 0.345 e. The van der Waals surface area contributed by atoms with E-state index < -0.39 is 0 Å². The highest BCUT2D eigenvalue weighted by atomic mass is 35.5. The number of nitrogens with one attached hydrogen (secondary N) is 2. The van der Waals surface area contributed by atoms with Crippen LogP contribution in [0.2, 0.25) is 5.02 Å². The third-order valence-electron chi connectivity index (χ3n) is 3.02. The summed E-state index contributed by atoms with van der Waals surface area (Å²) in [6.07, 6.45) is 2.24. The lowest BCUT2D eigenvalue weighted by atomic mass is 10.1. The van der Waals surface area contributed by atoms with E-state index in [2.05, 4.69) is 10.6 Å². The summed E-state index contributed by atoms with van der Waals surface area (Å²) in [5.41, 5.74) is 0.873. The first-order valence-electron chi connectivity index (χ1n) is 6.52. The Morgan fingerprint density at radius 3 is 2.65 bits per heavy atom. The van der Waals surface area contributed by atoms with Crippen molar-refractivity contribution >= 4 is 29.1 Å². The van der Waals surface area contributed by atoms with Crippen LogP contribution in [-0.4, -0.2) is 43.4 Å². The molecule has 0 aliphatic heterocycles. The number of hydrogen-bond donors (Lipinski definition) is 2. The van der Waals surface area contributed by atoms with Crippen LogP contribution in [-0.2, 0) is 4.79 Å². The predicted octanol–water partition coefficient (Wildman–Crippen LogP) is 1.73. The molecule has 6 heteroatoms. The van der Waals surface area contributed by atoms with Gasteiger partial charge in [0, 0.05) is 25.2 Å². The Morgan fingerprint density at radius 1 is 1.35 bits per heavy atom. The van der Waals surface area contributed by atoms with Gasteiger partial charge in [-0.15, -0.1) is 0 Å². The molecule has 1 saturated carbocycles. The molecule has 2 amide bonds. The first-order valence-corrected chi connectivity index (χ1v) is 6.89. The third kappa shape index (κ3) is 3.95. The third-order valence-corrected chi connectivity index (χ3v) is 3.26. The Bertz CT molecular complexity index is 527. The lowest BCUT2D eigenvalue weighted by Crippen LogP contribution is -2.30. The van der Waals surface area contributed by atoms with Crippen molar-refractivity contribution in [2.45, 2.75) is 18.9 Å². The van der Waals surface area contributed by atoms with E-state index in [0.29, 0.717) is 22.3 Å². The lowest BCUT2D eigenvalue weighted by Gasteiger charge is -2.15. The number of nitrogens with zero attached hydrogens (tertiary/aromatic N) is 1. The molecular formula is C14H18ClN3O2. The lowest BCUT2D eigenvalue weighted by molar-refractivity contribution is -0.115. The van der Waals surface area contributed by atoms with Crippen molar-refractivity contribution in [3.63, 3.8) is 0 Å². The maximum absolute atomic E-state index is 12.1. The summed E-state index contributed by atoms with van der Waals surface area (Å²) in [5, 5.41) is 6.34. The highest BCUT2D eigenvalue weighted by Gasteiger charge is 2.22. The van der Waals surface area contributed by atoms with E-state index in [1.807, 2.05) is 0 Å². The molecule has 5 nitrogen and oxygen atoms in total. The smallest absolute Gasteiger partial charge is 0.255 e. The van der Waals surface area contributed by atoms with E-state index >= 15 is 0 Å². The molecule has 0 bridgehead atoms. The summed E-state index contributed by atoms with van der Waals surface area (Å²) in [4.78, 5) is 25.4. The highest BCUT2D eigenvalue weighted by molar-refractivity contribution is 6.31. The Kier molecular flexibility index (Phi) is 4.62. The minimum absolute atomic E-state index is 0.174. The first kappa shape index (κ1) is 14.8. The van der Waals surface area contributed by atoms with Crippen molar-refractivity contribution < 1.29 is 9.59 Å². The number of carbonyl (C=O) groups is 2. The van der Waals surface area contributed by atoms with Gasteiger partial charge in [-0.3, -0.25) is 9.59 Å². The van der Waals surface area contributed by atoms with E-state index in [-0.39, 0.29) is 18.4 Å². The zero-order valence-corrected chi connectivity index (χ0v) is 12.3. The maximum Gasteiger partial charge on any atom is 0.255 e. The number of amides is 2. The van der Waals surface area contributed by atoms with E-state index in [0.717, 1.165) is 12.8 Å². The molecule has 0 saturated heterocycles. The number of rotatable bonds is 5. The number of halogens is 1. The van der Waals surface area contributed by atoms with Crippen molar-refractivity contribution in [2.24, 2.45) is 0 Å². The van der Waals surface area contributed by atoms with Crippen LogP contribution in [0.1, 0.15) is 23.2 Å². The Balaban J connectivity index is 2.09. The predicted molar refractivity (Wildman–Crippen MR) is 79.1 cm³/mol. The monoisotopic (exact) mass is 295 g/mol. The summed E-state index contributed by atoms with van der Waals surface area (Å²) < 4.78 is 0. The van der Waals surface area contributed by atoms with Gasteiger partial charge in [0.25, 0.3) is 5.91 Å². The zero-order chi connectivity index (χ0) is 14.7. The van der Waals surface area contributed by atoms with Gasteiger partial charge >= 0.3 is 0 Å². The highest BCUT2D eigenvalue weighted by Crippen LogP contribution is 2.22. The second-order valence-electron chi connectivity index (χ2n) is 5.09. The van der Waals surface area contributed by atoms with Gasteiger partial charge < -0.3 is 15.5 Å². The van der Waals surface area contributed by atoms with Gasteiger partial charge in [0.15, 0.2) is 0 Å². The van der Waals surface area contributed by atoms with Crippen LogP contribution in [0.3, 0.4) is 0 Å². The number of anilines is 1. The van der Waals surface area contributed by atoms with Crippen molar-refractivity contribution in [1.29, 1.82) is 0 Å². The second-order valence-corrected chi connectivity index (χ2v) is 5.53. The molecule has 1 aliphatic carbocycles. The first-order chi connectivity index (χ1) is 9.47. The van der Waals surface area contributed by atoms with Gasteiger partial charge in [0.1, 0.15) is 0 Å². The molecule has 0 heterocycles. The average molecular weight is 296 g/mol. The second kappa shape index (κ2) is 6.24. The van der Waals surface area contributed by atoms with E-state index in [9.17, 15) is 9.59 Å². The Morgan fingerprint density at radius 2 is 2.05 bits per heavy atom. The Hall–Kier alpha value is -1.59. The maximum atomic E-state index is 12.1. The molecule has 1 aromatic carbocycles. The van der Waals surface area contributed by atoms with Crippen molar-refractivity contribution in [1.82, 2.24) is 10.2 Å². The molecule has 0 unspecified atom stereocenters. The molecule has 0 aromatic heterocycles. The summed E-state index contributed by atoms with van der Waals surface area (Å²) in [5.74, 6) is -0.348. The van der Waals surface area contributed by atoms with Crippen LogP contribution in [0.4, 0.5) is 5.69 Å². The molecule has 0 atom stereocenters. The normalized spacial score (nSPS) is 13.9. The van der Waals surface area contributed by atoms with Gasteiger partial charge in [-0.05, 0) is 31.0 Å². The van der Waals surface area contributed by atoms with E-state index in [1.54, 1.807) is 32.3 Å². The van der Waals surface area contributed by atoms with Crippen LogP contribution >= 0.6 is 11.6 Å². The number of hydrogen-bond acceptors (Lipinski definition) is 3. The van der Waals surface area contributed by atoms with Crippen LogP contribution in [0.25, 0.3) is 0 Å². The quantitative estimate of drug-likeness (QED) is 0.870. The fourth-order valence-electron chi connectivity index (χ4n) is 1.77. The van der Waals surface area contributed by atoms with Crippen LogP contribution in [0.15, 0.2) is 18.2 Å². The zero-order valence-electron chi connectivity index (χ0n) is 11.6. The summed E-state index contributed by atoms with van der Waals surface area (Å²) in [6.45, 7) is 0.243. The Labute approximate surface area is 123 Å². The molecule has 108 valence electrons. The minimum atomic E-state index is -0.174. The summed E-state index contributed by atoms with van der Waals surface area (Å²) >= 11 is 5.93. The average Bonchev–Trinajstić information content (AvgIpc) is 3.19. The van der Waals surface area contributed by atoms with Crippen LogP contribution < -0.4 is 10.6 Å². The summed E-state index contributed by atoms with van der Waals surface area (Å²) in [6, 6.07) is 5.31. The minimum Gasteiger partial charge on any atom is -0.345 e. The standard InChI is InChI=1S/C14H18ClN3O2/c1-18(2)14(20)11-6-3-9(15)7-12(11)17-13(19)8-16-10-4-5-10/h3,6-7,10,16H,4-5,8H2,1-2H3,(H,17,19). The van der Waals surface area contributed by atoms with E-state index in [4.69, 9.17) is 11.6 Å². The molecule has 0 radical (unpaired) electrons. The van der Waals surface area contributed by atoms with Crippen molar-refractivity contribution in [2.75, 3.05) is 26.0 Å². The fraction of sp³-hybridized carbons (Fsp3) is 0.429. The van der Waals surface area contributed by atoms with Gasteiger partial charge in [0.05, 0.1) is 17.8 Å². The van der Waals surface area contributed by atoms with Crippen molar-refractivity contribution in [3.8, 4) is 0 Å². The molecule has 2 N–H and O–H groups in total. The summed E-state index contributed by atoms with van der Waals surface area (Å²) in [7, 11) is 3.33. The molecular weight excluding hydrogens is 278 g/mol. The van der Waals surface area contributed by atoms with Crippen LogP contribution in [0, 0.1) is 0 Å². The number of benzene rings is 1. The van der Waals surface area contributed by atoms with Crippen LogP contribution in [0.5, 0.6) is 0 Å². The van der Waals surface area contributed by atoms with Gasteiger partial charge in [-0.25, -0.2) is 0 Å². The molecule has 2 rings (SSSR count). The number of carbonyl (C=O) groups excluding carboxylic acids is 2. The van der Waals surface area contributed by atoms with E-state index in [1.165, 1.54) is 4.90 Å². The van der Waals surface area contributed by atoms with Crippen molar-refractivity contribution in [3.05, 3.63) is 28.8 Å². The molecule has 1 aliphatic rings. The van der Waals surface area contributed by atoms with Gasteiger partial charge in [-0.2, -0.15) is 0 Å². The molecule has 20 heavy (non-hydrogen) atoms. The van der Waals surface area contributed by atoms with Gasteiger partial charge in [0.2, 0.25) is 5.91 Å². The molecule has 1 aromatic rings. The SMILES string of the molecule is CN(C)C(=O)c1ccc(Cl)cc1NC(=O)CNC1CC1. The fourth-order valence-corrected chi connectivity index (χ4v) is 1.94. The van der Waals surface area contributed by atoms with Gasteiger partial charge in [-0.1, -0.05) is 11.6 Å². The molecule has 1 fully saturated rings. The topological polar surface area (TPSA) is 61.4 Å².